The highest BCUT2D eigenvalue weighted by Crippen LogP contribution is 2.26. The van der Waals surface area contributed by atoms with Crippen LogP contribution in [0.15, 0.2) is 79.0 Å². The third kappa shape index (κ3) is 3.70. The van der Waals surface area contributed by atoms with E-state index in [0.717, 1.165) is 30.7 Å². The molecule has 4 aromatic rings. The van der Waals surface area contributed by atoms with Crippen LogP contribution in [0.3, 0.4) is 0 Å². The minimum Gasteiger partial charge on any atom is -0.493 e. The monoisotopic (exact) mass is 341 g/mol. The molecule has 26 heavy (non-hydrogen) atoms. The maximum absolute atomic E-state index is 6.04. The Morgan fingerprint density at radius 3 is 2.58 bits per heavy atom. The van der Waals surface area contributed by atoms with Gasteiger partial charge >= 0.3 is 0 Å². The summed E-state index contributed by atoms with van der Waals surface area (Å²) < 4.78 is 6.04. The molecule has 0 fully saturated rings. The van der Waals surface area contributed by atoms with Gasteiger partial charge < -0.3 is 4.74 Å². The summed E-state index contributed by atoms with van der Waals surface area (Å²) in [5.74, 6) is 1.40. The normalized spacial score (nSPS) is 12.3. The molecule has 0 aliphatic heterocycles. The summed E-state index contributed by atoms with van der Waals surface area (Å²) in [6.07, 6.45) is 4.15. The smallest absolute Gasteiger partial charge is 0.121 e. The number of aromatic nitrogens is 1. The van der Waals surface area contributed by atoms with Gasteiger partial charge in [0.2, 0.25) is 0 Å². The van der Waals surface area contributed by atoms with Crippen molar-refractivity contribution < 1.29 is 4.74 Å². The fraction of sp³-hybridized carbons (Fsp3) is 0.208. The van der Waals surface area contributed by atoms with Crippen molar-refractivity contribution in [2.45, 2.75) is 19.8 Å². The van der Waals surface area contributed by atoms with E-state index >= 15 is 0 Å². The van der Waals surface area contributed by atoms with E-state index < -0.39 is 0 Å². The van der Waals surface area contributed by atoms with Crippen LogP contribution >= 0.6 is 0 Å². The van der Waals surface area contributed by atoms with Gasteiger partial charge in [-0.2, -0.15) is 0 Å². The Hall–Kier alpha value is -2.87. The molecule has 0 aliphatic rings. The highest BCUT2D eigenvalue weighted by atomic mass is 16.5. The van der Waals surface area contributed by atoms with Crippen molar-refractivity contribution in [2.24, 2.45) is 5.92 Å². The number of ether oxygens (including phenoxy) is 1. The van der Waals surface area contributed by atoms with Gasteiger partial charge in [-0.3, -0.25) is 4.98 Å². The molecule has 0 amide bonds. The average Bonchev–Trinajstić information content (AvgIpc) is 2.71. The molecule has 0 radical (unpaired) electrons. The Morgan fingerprint density at radius 1 is 0.885 bits per heavy atom. The van der Waals surface area contributed by atoms with Gasteiger partial charge in [-0.05, 0) is 41.8 Å². The molecule has 0 bridgehead atoms. The summed E-state index contributed by atoms with van der Waals surface area (Å²) in [5, 5.41) is 3.58. The van der Waals surface area contributed by atoms with Gasteiger partial charge in [0.1, 0.15) is 5.75 Å². The first-order valence-electron chi connectivity index (χ1n) is 9.24. The highest BCUT2D eigenvalue weighted by molar-refractivity contribution is 6.05. The maximum Gasteiger partial charge on any atom is 0.121 e. The summed E-state index contributed by atoms with van der Waals surface area (Å²) in [6.45, 7) is 2.97. The zero-order chi connectivity index (χ0) is 17.8. The van der Waals surface area contributed by atoms with Crippen molar-refractivity contribution in [3.05, 3.63) is 84.6 Å². The molecule has 130 valence electrons. The van der Waals surface area contributed by atoms with E-state index in [-0.39, 0.29) is 0 Å². The predicted octanol–water partition coefficient (Wildman–Crippen LogP) is 6.04. The van der Waals surface area contributed by atoms with Crippen LogP contribution in [-0.2, 0) is 6.42 Å². The van der Waals surface area contributed by atoms with Crippen molar-refractivity contribution in [3.63, 3.8) is 0 Å². The van der Waals surface area contributed by atoms with Crippen LogP contribution in [0.4, 0.5) is 0 Å². The molecule has 0 saturated carbocycles. The van der Waals surface area contributed by atoms with Crippen LogP contribution in [-0.4, -0.2) is 11.6 Å². The summed E-state index contributed by atoms with van der Waals surface area (Å²) in [7, 11) is 0. The topological polar surface area (TPSA) is 22.1 Å². The second kappa shape index (κ2) is 7.57. The molecule has 1 heterocycles. The quantitative estimate of drug-likeness (QED) is 0.399. The van der Waals surface area contributed by atoms with E-state index in [0.29, 0.717) is 5.92 Å². The van der Waals surface area contributed by atoms with Gasteiger partial charge in [0.05, 0.1) is 12.1 Å². The summed E-state index contributed by atoms with van der Waals surface area (Å²) in [5.41, 5.74) is 2.37. The molecule has 0 aliphatic carbocycles. The molecule has 2 nitrogen and oxygen atoms in total. The molecule has 1 atom stereocenters. The van der Waals surface area contributed by atoms with Crippen molar-refractivity contribution >= 4 is 21.7 Å². The van der Waals surface area contributed by atoms with Crippen LogP contribution in [0, 0.1) is 5.92 Å². The largest absolute Gasteiger partial charge is 0.493 e. The first kappa shape index (κ1) is 16.6. The predicted molar refractivity (Wildman–Crippen MR) is 109 cm³/mol. The van der Waals surface area contributed by atoms with E-state index in [1.54, 1.807) is 0 Å². The molecule has 2 heteroatoms. The Bertz CT molecular complexity index is 1010. The van der Waals surface area contributed by atoms with Crippen molar-refractivity contribution in [1.29, 1.82) is 0 Å². The Kier molecular flexibility index (Phi) is 4.83. The molecule has 1 aromatic heterocycles. The standard InChI is InChI=1S/C24H23NO/c1-18(11-12-19-7-3-2-4-8-19)17-26-21-13-14-23-22-10-6-5-9-20(22)16-25-24(23)15-21/h2-10,13-16,18H,11-12,17H2,1H3. The minimum absolute atomic E-state index is 0.510. The second-order valence-corrected chi connectivity index (χ2v) is 6.96. The lowest BCUT2D eigenvalue weighted by Gasteiger charge is -2.14. The Balaban J connectivity index is 1.41. The minimum atomic E-state index is 0.510. The Labute approximate surface area is 154 Å². The van der Waals surface area contributed by atoms with Gasteiger partial charge in [0.25, 0.3) is 0 Å². The molecule has 4 rings (SSSR count). The van der Waals surface area contributed by atoms with Gasteiger partial charge in [-0.1, -0.05) is 61.5 Å². The van der Waals surface area contributed by atoms with E-state index in [4.69, 9.17) is 4.74 Å². The molecule has 3 aromatic carbocycles. The number of pyridine rings is 1. The lowest BCUT2D eigenvalue weighted by Crippen LogP contribution is -2.09. The average molecular weight is 341 g/mol. The first-order valence-corrected chi connectivity index (χ1v) is 9.24. The van der Waals surface area contributed by atoms with Crippen molar-refractivity contribution in [1.82, 2.24) is 4.98 Å². The van der Waals surface area contributed by atoms with Crippen LogP contribution in [0.25, 0.3) is 21.7 Å². The number of hydrogen-bond acceptors (Lipinski definition) is 2. The Morgan fingerprint density at radius 2 is 1.69 bits per heavy atom. The maximum atomic E-state index is 6.04. The van der Waals surface area contributed by atoms with Gasteiger partial charge in [-0.15, -0.1) is 0 Å². The fourth-order valence-corrected chi connectivity index (χ4v) is 3.31. The van der Waals surface area contributed by atoms with Crippen LogP contribution < -0.4 is 4.74 Å². The van der Waals surface area contributed by atoms with Crippen molar-refractivity contribution in [2.75, 3.05) is 6.61 Å². The van der Waals surface area contributed by atoms with Crippen LogP contribution in [0.1, 0.15) is 18.9 Å². The molecule has 0 N–H and O–H groups in total. The molecule has 1 unspecified atom stereocenters. The summed E-state index contributed by atoms with van der Waals surface area (Å²) in [6, 6.07) is 25.2. The highest BCUT2D eigenvalue weighted by Gasteiger charge is 2.07. The van der Waals surface area contributed by atoms with Crippen LogP contribution in [0.2, 0.25) is 0 Å². The number of nitrogens with zero attached hydrogens (tertiary/aromatic N) is 1. The lowest BCUT2D eigenvalue weighted by molar-refractivity contribution is 0.253. The molecule has 0 saturated heterocycles. The van der Waals surface area contributed by atoms with E-state index in [9.17, 15) is 0 Å². The lowest BCUT2D eigenvalue weighted by atomic mass is 10.0. The van der Waals surface area contributed by atoms with Gasteiger partial charge in [-0.25, -0.2) is 0 Å². The molecule has 0 spiro atoms. The number of fused-ring (bicyclic) bond motifs is 3. The van der Waals surface area contributed by atoms with E-state index in [1.165, 1.54) is 21.7 Å². The van der Waals surface area contributed by atoms with E-state index in [1.807, 2.05) is 18.3 Å². The van der Waals surface area contributed by atoms with Crippen molar-refractivity contribution in [3.8, 4) is 5.75 Å². The number of rotatable bonds is 6. The summed E-state index contributed by atoms with van der Waals surface area (Å²) in [4.78, 5) is 4.59. The third-order valence-corrected chi connectivity index (χ3v) is 4.87. The second-order valence-electron chi connectivity index (χ2n) is 6.96. The SMILES string of the molecule is CC(CCc1ccccc1)COc1ccc2c(c1)ncc1ccccc12. The fourth-order valence-electron chi connectivity index (χ4n) is 3.31. The van der Waals surface area contributed by atoms with Gasteiger partial charge in [0, 0.05) is 23.0 Å². The zero-order valence-electron chi connectivity index (χ0n) is 15.1. The number of benzene rings is 3. The third-order valence-electron chi connectivity index (χ3n) is 4.87. The van der Waals surface area contributed by atoms with Gasteiger partial charge in [0.15, 0.2) is 0 Å². The van der Waals surface area contributed by atoms with E-state index in [2.05, 4.69) is 72.6 Å². The summed E-state index contributed by atoms with van der Waals surface area (Å²) >= 11 is 0. The molecular formula is C24H23NO. The first-order chi connectivity index (χ1) is 12.8. The van der Waals surface area contributed by atoms with Crippen LogP contribution in [0.5, 0.6) is 5.75 Å². The zero-order valence-corrected chi connectivity index (χ0v) is 15.1. The molecular weight excluding hydrogens is 318 g/mol. The number of hydrogen-bond donors (Lipinski definition) is 0. The number of aryl methyl sites for hydroxylation is 1.